The molecule has 110 valence electrons. The van der Waals surface area contributed by atoms with Crippen LogP contribution in [0.15, 0.2) is 22.7 Å². The van der Waals surface area contributed by atoms with Gasteiger partial charge in [-0.25, -0.2) is 0 Å². The second-order valence-electron chi connectivity index (χ2n) is 5.23. The number of nitrogens with zero attached hydrogens (tertiary/aromatic N) is 1. The molecule has 1 aromatic rings. The van der Waals surface area contributed by atoms with Crippen LogP contribution in [-0.2, 0) is 6.54 Å². The van der Waals surface area contributed by atoms with E-state index >= 15 is 0 Å². The molecule has 6 heteroatoms. The molecule has 1 aromatic carbocycles. The average molecular weight is 359 g/mol. The van der Waals surface area contributed by atoms with Crippen LogP contribution in [0.1, 0.15) is 31.2 Å². The van der Waals surface area contributed by atoms with E-state index in [0.717, 1.165) is 16.6 Å². The first-order valence-electron chi connectivity index (χ1n) is 6.75. The smallest absolute Gasteiger partial charge is 0.275 e. The molecule has 0 aliphatic heterocycles. The van der Waals surface area contributed by atoms with Crippen molar-refractivity contribution < 1.29 is 4.92 Å². The Morgan fingerprint density at radius 1 is 1.45 bits per heavy atom. The molecule has 0 aromatic heterocycles. The van der Waals surface area contributed by atoms with Crippen molar-refractivity contribution in [3.63, 3.8) is 0 Å². The molecule has 1 saturated carbocycles. The number of benzene rings is 1. The maximum absolute atomic E-state index is 11.1. The summed E-state index contributed by atoms with van der Waals surface area (Å²) in [7, 11) is 0. The van der Waals surface area contributed by atoms with Gasteiger partial charge >= 0.3 is 0 Å². The summed E-state index contributed by atoms with van der Waals surface area (Å²) < 4.78 is 1.06. The van der Waals surface area contributed by atoms with Crippen LogP contribution in [0.2, 0.25) is 0 Å². The zero-order valence-electron chi connectivity index (χ0n) is 11.5. The van der Waals surface area contributed by atoms with Crippen molar-refractivity contribution in [3.8, 4) is 0 Å². The van der Waals surface area contributed by atoms with Crippen LogP contribution in [0.25, 0.3) is 0 Å². The van der Waals surface area contributed by atoms with Crippen LogP contribution >= 0.6 is 27.7 Å². The first kappa shape index (κ1) is 15.8. The molecule has 0 unspecified atom stereocenters. The normalized spacial score (nSPS) is 17.3. The van der Waals surface area contributed by atoms with Crippen molar-refractivity contribution in [1.29, 1.82) is 0 Å². The van der Waals surface area contributed by atoms with Gasteiger partial charge in [0.15, 0.2) is 0 Å². The summed E-state index contributed by atoms with van der Waals surface area (Å²) in [6.07, 6.45) is 7.23. The molecule has 1 aliphatic carbocycles. The molecule has 1 N–H and O–H groups in total. The van der Waals surface area contributed by atoms with E-state index in [1.54, 1.807) is 6.07 Å². The molecule has 2 rings (SSSR count). The number of nitro benzene ring substituents is 1. The summed E-state index contributed by atoms with van der Waals surface area (Å²) in [6.45, 7) is 1.47. The van der Waals surface area contributed by atoms with E-state index in [0.29, 0.717) is 11.3 Å². The lowest BCUT2D eigenvalue weighted by Gasteiger charge is -2.27. The van der Waals surface area contributed by atoms with E-state index < -0.39 is 0 Å². The van der Waals surface area contributed by atoms with Crippen LogP contribution in [0.4, 0.5) is 5.69 Å². The molecule has 1 aliphatic rings. The number of nitro groups is 1. The van der Waals surface area contributed by atoms with E-state index in [9.17, 15) is 10.1 Å². The van der Waals surface area contributed by atoms with Gasteiger partial charge in [-0.1, -0.05) is 28.8 Å². The average Bonchev–Trinajstić information content (AvgIpc) is 2.89. The standard InChI is InChI=1S/C14H19BrN2O2S/c1-20-14(6-2-3-7-14)10-16-9-11-4-5-12(15)8-13(11)17(18)19/h4-5,8,16H,2-3,6-7,9-10H2,1H3. The van der Waals surface area contributed by atoms with Gasteiger partial charge in [0.25, 0.3) is 5.69 Å². The van der Waals surface area contributed by atoms with Gasteiger partial charge in [-0.15, -0.1) is 0 Å². The van der Waals surface area contributed by atoms with Crippen molar-refractivity contribution in [2.45, 2.75) is 37.0 Å². The minimum atomic E-state index is -0.318. The molecule has 0 bridgehead atoms. The fraction of sp³-hybridized carbons (Fsp3) is 0.571. The van der Waals surface area contributed by atoms with Gasteiger partial charge in [0.2, 0.25) is 0 Å². The topological polar surface area (TPSA) is 55.2 Å². The maximum Gasteiger partial charge on any atom is 0.275 e. The Hall–Kier alpha value is -0.590. The number of halogens is 1. The van der Waals surface area contributed by atoms with Gasteiger partial charge in [-0.3, -0.25) is 10.1 Å². The summed E-state index contributed by atoms with van der Waals surface area (Å²) in [5, 5.41) is 14.5. The Balaban J connectivity index is 1.99. The van der Waals surface area contributed by atoms with Gasteiger partial charge in [-0.2, -0.15) is 11.8 Å². The number of hydrogen-bond acceptors (Lipinski definition) is 4. The van der Waals surface area contributed by atoms with Crippen LogP contribution in [0, 0.1) is 10.1 Å². The number of hydrogen-bond donors (Lipinski definition) is 1. The Labute approximate surface area is 132 Å². The fourth-order valence-corrected chi connectivity index (χ4v) is 4.05. The van der Waals surface area contributed by atoms with Gasteiger partial charge < -0.3 is 5.32 Å². The highest BCUT2D eigenvalue weighted by Crippen LogP contribution is 2.39. The summed E-state index contributed by atoms with van der Waals surface area (Å²) in [5.74, 6) is 0. The number of thioether (sulfide) groups is 1. The second-order valence-corrected chi connectivity index (χ2v) is 7.42. The zero-order chi connectivity index (χ0) is 14.6. The Morgan fingerprint density at radius 2 is 2.15 bits per heavy atom. The van der Waals surface area contributed by atoms with Crippen molar-refractivity contribution in [1.82, 2.24) is 5.32 Å². The van der Waals surface area contributed by atoms with E-state index in [-0.39, 0.29) is 10.6 Å². The van der Waals surface area contributed by atoms with Gasteiger partial charge in [0.05, 0.1) is 4.92 Å². The second kappa shape index (κ2) is 6.91. The molecule has 0 amide bonds. The monoisotopic (exact) mass is 358 g/mol. The molecular formula is C14H19BrN2O2S. The molecular weight excluding hydrogens is 340 g/mol. The van der Waals surface area contributed by atoms with Crippen LogP contribution in [0.5, 0.6) is 0 Å². The SMILES string of the molecule is CSC1(CNCc2ccc(Br)cc2[N+](=O)[O-])CCCC1. The third-order valence-electron chi connectivity index (χ3n) is 3.95. The first-order chi connectivity index (χ1) is 9.56. The Kier molecular flexibility index (Phi) is 5.46. The minimum Gasteiger partial charge on any atom is -0.311 e. The lowest BCUT2D eigenvalue weighted by atomic mass is 10.1. The molecule has 0 saturated heterocycles. The molecule has 1 fully saturated rings. The van der Waals surface area contributed by atoms with E-state index in [4.69, 9.17) is 0 Å². The van der Waals surface area contributed by atoms with Crippen LogP contribution in [0.3, 0.4) is 0 Å². The lowest BCUT2D eigenvalue weighted by Crippen LogP contribution is -2.34. The lowest BCUT2D eigenvalue weighted by molar-refractivity contribution is -0.385. The highest BCUT2D eigenvalue weighted by molar-refractivity contribution is 9.10. The third kappa shape index (κ3) is 3.74. The molecule has 0 radical (unpaired) electrons. The van der Waals surface area contributed by atoms with Crippen molar-refractivity contribution >= 4 is 33.4 Å². The predicted octanol–water partition coefficient (Wildman–Crippen LogP) is 4.12. The summed E-state index contributed by atoms with van der Waals surface area (Å²) in [5.41, 5.74) is 0.920. The largest absolute Gasteiger partial charge is 0.311 e. The molecule has 0 spiro atoms. The Morgan fingerprint density at radius 3 is 2.75 bits per heavy atom. The van der Waals surface area contributed by atoms with Crippen molar-refractivity contribution in [2.24, 2.45) is 0 Å². The fourth-order valence-electron chi connectivity index (χ4n) is 2.75. The number of nitrogens with one attached hydrogen (secondary N) is 1. The quantitative estimate of drug-likeness (QED) is 0.613. The minimum absolute atomic E-state index is 0.177. The molecule has 0 heterocycles. The summed E-state index contributed by atoms with van der Waals surface area (Å²) in [6, 6.07) is 5.23. The number of rotatable bonds is 6. The molecule has 4 nitrogen and oxygen atoms in total. The van der Waals surface area contributed by atoms with E-state index in [1.807, 2.05) is 23.9 Å². The van der Waals surface area contributed by atoms with Crippen LogP contribution in [-0.4, -0.2) is 22.5 Å². The highest BCUT2D eigenvalue weighted by Gasteiger charge is 2.32. The third-order valence-corrected chi connectivity index (χ3v) is 5.87. The molecule has 0 atom stereocenters. The highest BCUT2D eigenvalue weighted by atomic mass is 79.9. The Bertz CT molecular complexity index is 490. The predicted molar refractivity (Wildman–Crippen MR) is 87.2 cm³/mol. The van der Waals surface area contributed by atoms with Gasteiger partial charge in [0.1, 0.15) is 0 Å². The van der Waals surface area contributed by atoms with Crippen molar-refractivity contribution in [3.05, 3.63) is 38.3 Å². The zero-order valence-corrected chi connectivity index (χ0v) is 13.9. The summed E-state index contributed by atoms with van der Waals surface area (Å²) in [4.78, 5) is 10.7. The van der Waals surface area contributed by atoms with Gasteiger partial charge in [-0.05, 0) is 31.2 Å². The summed E-state index contributed by atoms with van der Waals surface area (Å²) >= 11 is 5.20. The van der Waals surface area contributed by atoms with E-state index in [1.165, 1.54) is 25.7 Å². The van der Waals surface area contributed by atoms with E-state index in [2.05, 4.69) is 27.5 Å². The maximum atomic E-state index is 11.1. The first-order valence-corrected chi connectivity index (χ1v) is 8.77. The van der Waals surface area contributed by atoms with Crippen molar-refractivity contribution in [2.75, 3.05) is 12.8 Å². The molecule has 20 heavy (non-hydrogen) atoms. The van der Waals surface area contributed by atoms with Crippen LogP contribution < -0.4 is 5.32 Å². The van der Waals surface area contributed by atoms with Gasteiger partial charge in [0, 0.05) is 33.9 Å².